The Balaban J connectivity index is 2.52. The lowest BCUT2D eigenvalue weighted by molar-refractivity contribution is -0.145. The van der Waals surface area contributed by atoms with Gasteiger partial charge in [-0.15, -0.1) is 0 Å². The van der Waals surface area contributed by atoms with Crippen molar-refractivity contribution in [3.8, 4) is 0 Å². The average Bonchev–Trinajstić information content (AvgIpc) is 2.76. The minimum atomic E-state index is -2.82. The molecule has 0 aromatic heterocycles. The Hall–Kier alpha value is -2.29. The van der Waals surface area contributed by atoms with E-state index in [9.17, 15) is 9.59 Å². The number of rotatable bonds is 7. The summed E-state index contributed by atoms with van der Waals surface area (Å²) < 4.78 is 3.92. The highest BCUT2D eigenvalue weighted by atomic mass is 79.9. The Morgan fingerprint density at radius 1 is 0.793 bits per heavy atom. The van der Waals surface area contributed by atoms with Gasteiger partial charge < -0.3 is 4.74 Å². The Morgan fingerprint density at radius 3 is 1.41 bits per heavy atom. The average molecular weight is 470 g/mol. The highest BCUT2D eigenvalue weighted by Gasteiger charge is 2.70. The minimum Gasteiger partial charge on any atom is -0.462 e. The van der Waals surface area contributed by atoms with Crippen LogP contribution in [-0.4, -0.2) is 22.4 Å². The number of hydrogen-bond donors (Lipinski definition) is 0. The van der Waals surface area contributed by atoms with E-state index in [4.69, 9.17) is 4.74 Å². The molecule has 0 aliphatic heterocycles. The topological polar surface area (TPSA) is 43.4 Å². The summed E-state index contributed by atoms with van der Waals surface area (Å²) >= 11 is 3.68. The maximum atomic E-state index is 13.4. The Morgan fingerprint density at radius 2 is 1.14 bits per heavy atom. The van der Waals surface area contributed by atoms with Gasteiger partial charge in [-0.1, -0.05) is 54.6 Å². The van der Waals surface area contributed by atoms with Crippen molar-refractivity contribution in [1.82, 2.24) is 0 Å². The van der Waals surface area contributed by atoms with Gasteiger partial charge in [-0.3, -0.25) is 4.79 Å². The SMILES string of the molecule is CCOC(=O)C(Br)(C(C)=O)[P+](c1ccccc1)(c1ccccc1)c1ccccc1. The summed E-state index contributed by atoms with van der Waals surface area (Å²) in [5.74, 6) is -0.835. The quantitative estimate of drug-likeness (QED) is 0.225. The predicted octanol–water partition coefficient (Wildman–Crippen LogP) is 4.22. The van der Waals surface area contributed by atoms with Gasteiger partial charge in [0.05, 0.1) is 6.61 Å². The number of hydrogen-bond acceptors (Lipinski definition) is 3. The molecule has 0 heterocycles. The molecule has 0 aliphatic rings. The molecule has 148 valence electrons. The van der Waals surface area contributed by atoms with E-state index in [-0.39, 0.29) is 12.4 Å². The third kappa shape index (κ3) is 3.56. The molecule has 3 rings (SSSR count). The molecule has 0 bridgehead atoms. The number of alkyl halides is 1. The zero-order chi connectivity index (χ0) is 20.9. The van der Waals surface area contributed by atoms with Crippen molar-refractivity contribution in [3.63, 3.8) is 0 Å². The van der Waals surface area contributed by atoms with Crippen molar-refractivity contribution in [1.29, 1.82) is 0 Å². The second-order valence-corrected chi connectivity index (χ2v) is 11.9. The van der Waals surface area contributed by atoms with E-state index in [1.54, 1.807) is 6.92 Å². The minimum absolute atomic E-state index is 0.192. The third-order valence-corrected chi connectivity index (χ3v) is 12.0. The molecule has 29 heavy (non-hydrogen) atoms. The van der Waals surface area contributed by atoms with E-state index in [1.807, 2.05) is 91.0 Å². The summed E-state index contributed by atoms with van der Waals surface area (Å²) in [5.41, 5.74) is 0. The fraction of sp³-hybridized carbons (Fsp3) is 0.167. The van der Waals surface area contributed by atoms with Crippen molar-refractivity contribution in [3.05, 3.63) is 91.0 Å². The zero-order valence-corrected chi connectivity index (χ0v) is 18.9. The molecule has 0 saturated carbocycles. The predicted molar refractivity (Wildman–Crippen MR) is 124 cm³/mol. The summed E-state index contributed by atoms with van der Waals surface area (Å²) in [6, 6.07) is 29.4. The van der Waals surface area contributed by atoms with Crippen LogP contribution < -0.4 is 15.9 Å². The van der Waals surface area contributed by atoms with Gasteiger partial charge in [0, 0.05) is 6.92 Å². The van der Waals surface area contributed by atoms with Crippen molar-refractivity contribution in [2.24, 2.45) is 0 Å². The molecule has 0 fully saturated rings. The molecular formula is C24H23BrO3P+. The first kappa shape index (κ1) is 21.4. The summed E-state index contributed by atoms with van der Waals surface area (Å²) in [5, 5.41) is 2.78. The molecule has 3 aromatic carbocycles. The van der Waals surface area contributed by atoms with Crippen LogP contribution in [0.15, 0.2) is 91.0 Å². The lowest BCUT2D eigenvalue weighted by Crippen LogP contribution is -2.53. The number of carbonyl (C=O) groups is 2. The largest absolute Gasteiger partial charge is 0.462 e. The molecule has 3 nitrogen and oxygen atoms in total. The fourth-order valence-corrected chi connectivity index (χ4v) is 10.3. The molecule has 3 aromatic rings. The molecule has 0 aliphatic carbocycles. The standard InChI is InChI=1S/C24H23BrO3P/c1-3-28-23(27)24(25,19(2)26)29(20-13-7-4-8-14-20,21-15-9-5-10-16-21)22-17-11-6-12-18-22/h4-18H,3H2,1-2H3/q+1. The molecular weight excluding hydrogens is 447 g/mol. The van der Waals surface area contributed by atoms with Gasteiger partial charge in [0.2, 0.25) is 0 Å². The first-order valence-electron chi connectivity index (χ1n) is 9.42. The molecule has 0 amide bonds. The lowest BCUT2D eigenvalue weighted by Gasteiger charge is -2.37. The maximum Gasteiger partial charge on any atom is 0.370 e. The molecule has 0 spiro atoms. The van der Waals surface area contributed by atoms with Crippen LogP contribution >= 0.6 is 23.2 Å². The van der Waals surface area contributed by atoms with Gasteiger partial charge in [-0.25, -0.2) is 4.79 Å². The Labute approximate surface area is 180 Å². The zero-order valence-electron chi connectivity index (χ0n) is 16.4. The van der Waals surface area contributed by atoms with Gasteiger partial charge in [-0.05, 0) is 59.3 Å². The monoisotopic (exact) mass is 469 g/mol. The van der Waals surface area contributed by atoms with Gasteiger partial charge in [0.25, 0.3) is 4.07 Å². The van der Waals surface area contributed by atoms with Crippen molar-refractivity contribution < 1.29 is 14.3 Å². The summed E-state index contributed by atoms with van der Waals surface area (Å²) in [6.07, 6.45) is 0. The summed E-state index contributed by atoms with van der Waals surface area (Å²) in [4.78, 5) is 26.6. The molecule has 0 N–H and O–H groups in total. The number of ether oxygens (including phenoxy) is 1. The number of benzene rings is 3. The van der Waals surface area contributed by atoms with Gasteiger partial charge in [-0.2, -0.15) is 0 Å². The maximum absolute atomic E-state index is 13.4. The number of esters is 1. The van der Waals surface area contributed by atoms with Crippen LogP contribution in [0.5, 0.6) is 0 Å². The summed E-state index contributed by atoms with van der Waals surface area (Å²) in [7, 11) is -2.82. The van der Waals surface area contributed by atoms with Crippen LogP contribution in [0.4, 0.5) is 0 Å². The van der Waals surface area contributed by atoms with Crippen LogP contribution in [0.25, 0.3) is 0 Å². The van der Waals surface area contributed by atoms with E-state index in [2.05, 4.69) is 15.9 Å². The van der Waals surface area contributed by atoms with E-state index < -0.39 is 17.3 Å². The van der Waals surface area contributed by atoms with E-state index in [1.165, 1.54) is 6.92 Å². The highest BCUT2D eigenvalue weighted by Crippen LogP contribution is 2.69. The first-order valence-corrected chi connectivity index (χ1v) is 12.0. The van der Waals surface area contributed by atoms with E-state index in [0.29, 0.717) is 0 Å². The van der Waals surface area contributed by atoms with Crippen LogP contribution in [0.2, 0.25) is 0 Å². The number of Topliss-reactive ketones (excluding diaryl/α,β-unsaturated/α-hetero) is 1. The summed E-state index contributed by atoms with van der Waals surface area (Å²) in [6.45, 7) is 3.40. The molecule has 1 atom stereocenters. The number of carbonyl (C=O) groups excluding carboxylic acids is 2. The Bertz CT molecular complexity index is 880. The van der Waals surface area contributed by atoms with Crippen LogP contribution in [0.3, 0.4) is 0 Å². The van der Waals surface area contributed by atoms with Crippen LogP contribution in [-0.2, 0) is 14.3 Å². The fourth-order valence-electron chi connectivity index (χ4n) is 3.68. The van der Waals surface area contributed by atoms with Gasteiger partial charge in [0.1, 0.15) is 23.2 Å². The van der Waals surface area contributed by atoms with Crippen molar-refractivity contribution >= 4 is 50.9 Å². The molecule has 5 heteroatoms. The second-order valence-electron chi connectivity index (χ2n) is 6.58. The second kappa shape index (κ2) is 9.02. The molecule has 0 saturated heterocycles. The molecule has 1 unspecified atom stereocenters. The smallest absolute Gasteiger partial charge is 0.370 e. The van der Waals surface area contributed by atoms with Gasteiger partial charge in [0.15, 0.2) is 5.78 Å². The molecule has 0 radical (unpaired) electrons. The van der Waals surface area contributed by atoms with E-state index in [0.717, 1.165) is 15.9 Å². The van der Waals surface area contributed by atoms with Crippen LogP contribution in [0, 0.1) is 0 Å². The number of ketones is 1. The van der Waals surface area contributed by atoms with Crippen LogP contribution in [0.1, 0.15) is 13.8 Å². The van der Waals surface area contributed by atoms with E-state index >= 15 is 0 Å². The lowest BCUT2D eigenvalue weighted by atomic mass is 10.3. The van der Waals surface area contributed by atoms with Crippen molar-refractivity contribution in [2.75, 3.05) is 6.61 Å². The van der Waals surface area contributed by atoms with Crippen molar-refractivity contribution in [2.45, 2.75) is 17.9 Å². The Kier molecular flexibility index (Phi) is 6.66. The normalized spacial score (nSPS) is 13.3. The van der Waals surface area contributed by atoms with Gasteiger partial charge >= 0.3 is 5.97 Å². The highest BCUT2D eigenvalue weighted by molar-refractivity contribution is 9.12. The number of halogens is 1. The first-order chi connectivity index (χ1) is 14.0. The third-order valence-electron chi connectivity index (χ3n) is 4.91.